The molecule has 1 aromatic heterocycles. The van der Waals surface area contributed by atoms with E-state index in [9.17, 15) is 0 Å². The van der Waals surface area contributed by atoms with Crippen molar-refractivity contribution in [2.45, 2.75) is 39.5 Å². The van der Waals surface area contributed by atoms with Gasteiger partial charge in [-0.1, -0.05) is 20.8 Å². The van der Waals surface area contributed by atoms with Gasteiger partial charge in [0.05, 0.1) is 12.5 Å². The summed E-state index contributed by atoms with van der Waals surface area (Å²) in [6.45, 7) is 9.81. The Kier molecular flexibility index (Phi) is 5.11. The van der Waals surface area contributed by atoms with Crippen molar-refractivity contribution in [2.75, 3.05) is 30.4 Å². The van der Waals surface area contributed by atoms with Crippen LogP contribution < -0.4 is 10.2 Å². The van der Waals surface area contributed by atoms with E-state index < -0.39 is 0 Å². The van der Waals surface area contributed by atoms with E-state index in [0.29, 0.717) is 13.0 Å². The topological polar surface area (TPSA) is 64.8 Å². The number of hydrogen-bond donors (Lipinski definition) is 1. The van der Waals surface area contributed by atoms with E-state index in [1.54, 1.807) is 0 Å². The van der Waals surface area contributed by atoms with Gasteiger partial charge in [-0.3, -0.25) is 0 Å². The third-order valence-corrected chi connectivity index (χ3v) is 2.69. The minimum absolute atomic E-state index is 0.101. The lowest BCUT2D eigenvalue weighted by molar-refractivity contribution is 0.545. The van der Waals surface area contributed by atoms with E-state index in [0.717, 1.165) is 24.0 Å². The fraction of sp³-hybridized carbons (Fsp3) is 0.643. The lowest BCUT2D eigenvalue weighted by atomic mass is 9.96. The zero-order valence-electron chi connectivity index (χ0n) is 12.5. The molecule has 0 amide bonds. The molecule has 0 saturated carbocycles. The highest BCUT2D eigenvalue weighted by atomic mass is 15.2. The number of rotatable bonds is 5. The van der Waals surface area contributed by atoms with Gasteiger partial charge >= 0.3 is 0 Å². The smallest absolute Gasteiger partial charge is 0.138 e. The molecule has 5 nitrogen and oxygen atoms in total. The van der Waals surface area contributed by atoms with Crippen molar-refractivity contribution in [2.24, 2.45) is 0 Å². The normalized spacial score (nSPS) is 10.9. The number of anilines is 2. The molecule has 0 aliphatic carbocycles. The van der Waals surface area contributed by atoms with Crippen LogP contribution in [0.4, 0.5) is 11.6 Å². The van der Waals surface area contributed by atoms with Crippen LogP contribution >= 0.6 is 0 Å². The van der Waals surface area contributed by atoms with Gasteiger partial charge in [0, 0.05) is 31.6 Å². The maximum Gasteiger partial charge on any atom is 0.138 e. The summed E-state index contributed by atoms with van der Waals surface area (Å²) in [6, 6.07) is 4.08. The average Bonchev–Trinajstić information content (AvgIpc) is 2.35. The highest BCUT2D eigenvalue weighted by Crippen LogP contribution is 2.23. The second-order valence-corrected chi connectivity index (χ2v) is 5.54. The van der Waals surface area contributed by atoms with Crippen molar-refractivity contribution in [3.8, 4) is 6.07 Å². The second-order valence-electron chi connectivity index (χ2n) is 5.54. The highest BCUT2D eigenvalue weighted by Gasteiger charge is 2.20. The first-order valence-corrected chi connectivity index (χ1v) is 6.60. The molecule has 0 bridgehead atoms. The Morgan fingerprint density at radius 1 is 1.37 bits per heavy atom. The van der Waals surface area contributed by atoms with Gasteiger partial charge in [-0.15, -0.1) is 0 Å². The van der Waals surface area contributed by atoms with Crippen LogP contribution in [-0.4, -0.2) is 30.1 Å². The standard InChI is InChI=1S/C14H23N5/c1-6-16-11-10-12(19(5)9-7-8-15)18-13(17-11)14(2,3)4/h10H,6-7,9H2,1-5H3,(H,16,17,18). The number of aromatic nitrogens is 2. The molecule has 0 saturated heterocycles. The van der Waals surface area contributed by atoms with Crippen molar-refractivity contribution < 1.29 is 0 Å². The molecule has 0 aromatic carbocycles. The van der Waals surface area contributed by atoms with Crippen LogP contribution in [0.15, 0.2) is 6.07 Å². The summed E-state index contributed by atoms with van der Waals surface area (Å²) in [5.74, 6) is 2.50. The molecule has 0 unspecified atom stereocenters. The molecular formula is C14H23N5. The Morgan fingerprint density at radius 3 is 2.58 bits per heavy atom. The summed E-state index contributed by atoms with van der Waals surface area (Å²) in [4.78, 5) is 11.1. The van der Waals surface area contributed by atoms with Crippen LogP contribution in [0.25, 0.3) is 0 Å². The van der Waals surface area contributed by atoms with Crippen LogP contribution in [0.2, 0.25) is 0 Å². The van der Waals surface area contributed by atoms with Gasteiger partial charge in [0.2, 0.25) is 0 Å². The Balaban J connectivity index is 3.09. The molecule has 1 N–H and O–H groups in total. The monoisotopic (exact) mass is 261 g/mol. The molecule has 104 valence electrons. The summed E-state index contributed by atoms with van der Waals surface area (Å²) >= 11 is 0. The lowest BCUT2D eigenvalue weighted by Gasteiger charge is -2.22. The van der Waals surface area contributed by atoms with Crippen LogP contribution in [0.1, 0.15) is 39.9 Å². The number of nitrogens with one attached hydrogen (secondary N) is 1. The van der Waals surface area contributed by atoms with E-state index >= 15 is 0 Å². The maximum absolute atomic E-state index is 8.66. The van der Waals surface area contributed by atoms with Crippen molar-refractivity contribution in [1.29, 1.82) is 5.26 Å². The maximum atomic E-state index is 8.66. The van der Waals surface area contributed by atoms with E-state index in [2.05, 4.69) is 42.1 Å². The minimum atomic E-state index is -0.101. The molecule has 1 heterocycles. The first-order valence-electron chi connectivity index (χ1n) is 6.60. The van der Waals surface area contributed by atoms with Crippen molar-refractivity contribution in [3.63, 3.8) is 0 Å². The van der Waals surface area contributed by atoms with E-state index in [4.69, 9.17) is 5.26 Å². The summed E-state index contributed by atoms with van der Waals surface area (Å²) < 4.78 is 0. The average molecular weight is 261 g/mol. The highest BCUT2D eigenvalue weighted by molar-refractivity contribution is 5.49. The molecule has 1 rings (SSSR count). The molecule has 0 aliphatic heterocycles. The molecule has 0 atom stereocenters. The van der Waals surface area contributed by atoms with Gasteiger partial charge < -0.3 is 10.2 Å². The fourth-order valence-corrected chi connectivity index (χ4v) is 1.57. The quantitative estimate of drug-likeness (QED) is 0.882. The van der Waals surface area contributed by atoms with Gasteiger partial charge in [0.15, 0.2) is 0 Å². The second kappa shape index (κ2) is 6.37. The largest absolute Gasteiger partial charge is 0.370 e. The van der Waals surface area contributed by atoms with Crippen molar-refractivity contribution in [1.82, 2.24) is 9.97 Å². The molecule has 0 aliphatic rings. The minimum Gasteiger partial charge on any atom is -0.370 e. The molecule has 0 fully saturated rings. The summed E-state index contributed by atoms with van der Waals surface area (Å²) in [5, 5.41) is 11.9. The molecule has 19 heavy (non-hydrogen) atoms. The third-order valence-electron chi connectivity index (χ3n) is 2.69. The van der Waals surface area contributed by atoms with E-state index in [1.807, 2.05) is 24.9 Å². The molecular weight excluding hydrogens is 238 g/mol. The zero-order valence-corrected chi connectivity index (χ0v) is 12.5. The van der Waals surface area contributed by atoms with Gasteiger partial charge in [-0.05, 0) is 6.92 Å². The number of nitrogens with zero attached hydrogens (tertiary/aromatic N) is 4. The van der Waals surface area contributed by atoms with Crippen LogP contribution in [0, 0.1) is 11.3 Å². The predicted molar refractivity (Wildman–Crippen MR) is 78.4 cm³/mol. The predicted octanol–water partition coefficient (Wildman–Crippen LogP) is 2.56. The fourth-order valence-electron chi connectivity index (χ4n) is 1.57. The third kappa shape index (κ3) is 4.40. The van der Waals surface area contributed by atoms with Crippen molar-refractivity contribution in [3.05, 3.63) is 11.9 Å². The Hall–Kier alpha value is -1.83. The first kappa shape index (κ1) is 15.2. The van der Waals surface area contributed by atoms with E-state index in [1.165, 1.54) is 0 Å². The zero-order chi connectivity index (χ0) is 14.5. The Bertz CT molecular complexity index is 456. The van der Waals surface area contributed by atoms with Gasteiger partial charge in [0.25, 0.3) is 0 Å². The SMILES string of the molecule is CCNc1cc(N(C)CCC#N)nc(C(C)(C)C)n1. The van der Waals surface area contributed by atoms with Crippen molar-refractivity contribution >= 4 is 11.6 Å². The van der Waals surface area contributed by atoms with Gasteiger partial charge in [0.1, 0.15) is 17.5 Å². The Morgan fingerprint density at radius 2 is 2.05 bits per heavy atom. The molecule has 0 spiro atoms. The lowest BCUT2D eigenvalue weighted by Crippen LogP contribution is -2.24. The van der Waals surface area contributed by atoms with Crippen LogP contribution in [-0.2, 0) is 5.41 Å². The summed E-state index contributed by atoms with van der Waals surface area (Å²) in [6.07, 6.45) is 0.488. The van der Waals surface area contributed by atoms with E-state index in [-0.39, 0.29) is 5.41 Å². The molecule has 0 radical (unpaired) electrons. The van der Waals surface area contributed by atoms with Gasteiger partial charge in [-0.2, -0.15) is 5.26 Å². The Labute approximate surface area is 115 Å². The summed E-state index contributed by atoms with van der Waals surface area (Å²) in [5.41, 5.74) is -0.101. The van der Waals surface area contributed by atoms with Crippen LogP contribution in [0.3, 0.4) is 0 Å². The van der Waals surface area contributed by atoms with Gasteiger partial charge in [-0.25, -0.2) is 9.97 Å². The number of nitriles is 1. The van der Waals surface area contributed by atoms with Crippen LogP contribution in [0.5, 0.6) is 0 Å². The molecule has 5 heteroatoms. The first-order chi connectivity index (χ1) is 8.88. The molecule has 1 aromatic rings. The number of hydrogen-bond acceptors (Lipinski definition) is 5. The summed E-state index contributed by atoms with van der Waals surface area (Å²) in [7, 11) is 1.95.